The van der Waals surface area contributed by atoms with Crippen molar-refractivity contribution in [1.82, 2.24) is 14.5 Å². The van der Waals surface area contributed by atoms with E-state index in [1.165, 1.54) is 0 Å². The largest absolute Gasteiger partial charge is 0.463 e. The third kappa shape index (κ3) is 2.87. The highest BCUT2D eigenvalue weighted by Crippen LogP contribution is 2.27. The molecule has 4 heterocycles. The molecule has 0 aliphatic carbocycles. The second-order valence-electron chi connectivity index (χ2n) is 6.69. The molecule has 136 valence electrons. The van der Waals surface area contributed by atoms with Gasteiger partial charge in [0.15, 0.2) is 0 Å². The number of pyridine rings is 3. The number of aryl methyl sites for hydroxylation is 2. The van der Waals surface area contributed by atoms with E-state index in [2.05, 4.69) is 11.1 Å². The molecule has 4 aromatic heterocycles. The highest BCUT2D eigenvalue weighted by Gasteiger charge is 2.13. The van der Waals surface area contributed by atoms with Crippen LogP contribution in [0.5, 0.6) is 0 Å². The van der Waals surface area contributed by atoms with Crippen molar-refractivity contribution in [2.24, 2.45) is 0 Å². The zero-order valence-electron chi connectivity index (χ0n) is 15.1. The molecule has 0 amide bonds. The maximum atomic E-state index is 12.9. The molecule has 0 saturated carbocycles. The Balaban J connectivity index is 1.53. The lowest BCUT2D eigenvalue weighted by Crippen LogP contribution is -2.21. The van der Waals surface area contributed by atoms with Gasteiger partial charge in [0.05, 0.1) is 17.2 Å². The van der Waals surface area contributed by atoms with E-state index in [9.17, 15) is 4.79 Å². The first-order valence-corrected chi connectivity index (χ1v) is 9.15. The summed E-state index contributed by atoms with van der Waals surface area (Å²) in [6.07, 6.45) is 7.57. The van der Waals surface area contributed by atoms with Crippen molar-refractivity contribution < 1.29 is 4.42 Å². The average molecular weight is 367 g/mol. The molecule has 5 nitrogen and oxygen atoms in total. The van der Waals surface area contributed by atoms with E-state index < -0.39 is 0 Å². The molecular formula is C23H17N3O2. The molecule has 5 heteroatoms. The molecule has 5 rings (SSSR count). The average Bonchev–Trinajstić information content (AvgIpc) is 3.24. The number of para-hydroxylation sites is 1. The molecule has 28 heavy (non-hydrogen) atoms. The van der Waals surface area contributed by atoms with Crippen LogP contribution in [0.4, 0.5) is 0 Å². The molecule has 0 unspecified atom stereocenters. The molecular weight excluding hydrogens is 350 g/mol. The van der Waals surface area contributed by atoms with Gasteiger partial charge in [-0.2, -0.15) is 0 Å². The Morgan fingerprint density at radius 1 is 0.964 bits per heavy atom. The topological polar surface area (TPSA) is 60.9 Å². The fourth-order valence-corrected chi connectivity index (χ4v) is 3.50. The smallest absolute Gasteiger partial charge is 0.261 e. The van der Waals surface area contributed by atoms with Crippen molar-refractivity contribution in [1.29, 1.82) is 0 Å². The Labute approximate surface area is 160 Å². The Morgan fingerprint density at radius 2 is 1.82 bits per heavy atom. The summed E-state index contributed by atoms with van der Waals surface area (Å²) in [4.78, 5) is 21.7. The molecule has 0 N–H and O–H groups in total. The van der Waals surface area contributed by atoms with Crippen LogP contribution >= 0.6 is 0 Å². The number of rotatable bonds is 4. The van der Waals surface area contributed by atoms with E-state index in [-0.39, 0.29) is 5.56 Å². The first kappa shape index (κ1) is 16.4. The minimum atomic E-state index is -0.0534. The summed E-state index contributed by atoms with van der Waals surface area (Å²) in [5.74, 6) is 0. The molecule has 0 aliphatic heterocycles. The number of nitrogens with zero attached hydrogens (tertiary/aromatic N) is 3. The van der Waals surface area contributed by atoms with Crippen LogP contribution in [0, 0.1) is 0 Å². The highest BCUT2D eigenvalue weighted by atomic mass is 16.3. The Morgan fingerprint density at radius 3 is 2.71 bits per heavy atom. The van der Waals surface area contributed by atoms with Crippen molar-refractivity contribution >= 4 is 21.9 Å². The van der Waals surface area contributed by atoms with Gasteiger partial charge in [-0.3, -0.25) is 14.8 Å². The van der Waals surface area contributed by atoms with Crippen LogP contribution in [0.1, 0.15) is 5.69 Å². The molecule has 0 bridgehead atoms. The number of furan rings is 1. The minimum Gasteiger partial charge on any atom is -0.463 e. The van der Waals surface area contributed by atoms with Gasteiger partial charge in [-0.25, -0.2) is 0 Å². The molecule has 0 spiro atoms. The monoisotopic (exact) mass is 367 g/mol. The Kier molecular flexibility index (Phi) is 3.98. The predicted octanol–water partition coefficient (Wildman–Crippen LogP) is 4.45. The highest BCUT2D eigenvalue weighted by molar-refractivity contribution is 5.91. The lowest BCUT2D eigenvalue weighted by atomic mass is 10.1. The van der Waals surface area contributed by atoms with Crippen LogP contribution < -0.4 is 5.56 Å². The van der Waals surface area contributed by atoms with Gasteiger partial charge in [-0.1, -0.05) is 24.3 Å². The van der Waals surface area contributed by atoms with Crippen molar-refractivity contribution in [2.45, 2.75) is 13.0 Å². The SMILES string of the molecule is O=c1c2ccoc2c(-c2ccncc2)cn1CCc1ccc2ccccc2n1. The summed E-state index contributed by atoms with van der Waals surface area (Å²) in [6.45, 7) is 0.545. The van der Waals surface area contributed by atoms with Gasteiger partial charge in [-0.05, 0) is 35.9 Å². The molecule has 0 radical (unpaired) electrons. The first-order chi connectivity index (χ1) is 13.8. The van der Waals surface area contributed by atoms with E-state index in [1.807, 2.05) is 48.7 Å². The summed E-state index contributed by atoms with van der Waals surface area (Å²) < 4.78 is 7.34. The van der Waals surface area contributed by atoms with Crippen molar-refractivity contribution in [3.63, 3.8) is 0 Å². The second-order valence-corrected chi connectivity index (χ2v) is 6.69. The number of hydrogen-bond donors (Lipinski definition) is 0. The van der Waals surface area contributed by atoms with Gasteiger partial charge in [0.25, 0.3) is 5.56 Å². The van der Waals surface area contributed by atoms with Crippen LogP contribution in [0.25, 0.3) is 33.0 Å². The number of aromatic nitrogens is 3. The standard InChI is InChI=1S/C23H17N3O2/c27-23-19-10-14-28-22(19)20(16-7-11-24-12-8-16)15-26(23)13-9-18-6-5-17-3-1-2-4-21(17)25-18/h1-8,10-12,14-15H,9,13H2. The summed E-state index contributed by atoms with van der Waals surface area (Å²) >= 11 is 0. The summed E-state index contributed by atoms with van der Waals surface area (Å²) in [5, 5.41) is 1.70. The number of hydrogen-bond acceptors (Lipinski definition) is 4. The van der Waals surface area contributed by atoms with Crippen molar-refractivity contribution in [3.05, 3.63) is 95.5 Å². The van der Waals surface area contributed by atoms with Crippen molar-refractivity contribution in [3.8, 4) is 11.1 Å². The summed E-state index contributed by atoms with van der Waals surface area (Å²) in [7, 11) is 0. The molecule has 0 fully saturated rings. The third-order valence-electron chi connectivity index (χ3n) is 4.94. The van der Waals surface area contributed by atoms with Crippen LogP contribution in [0.3, 0.4) is 0 Å². The van der Waals surface area contributed by atoms with Crippen LogP contribution in [0.15, 0.2) is 88.7 Å². The van der Waals surface area contributed by atoms with Gasteiger partial charge in [0.2, 0.25) is 0 Å². The third-order valence-corrected chi connectivity index (χ3v) is 4.94. The number of benzene rings is 1. The molecule has 5 aromatic rings. The van der Waals surface area contributed by atoms with Crippen LogP contribution in [0.2, 0.25) is 0 Å². The lowest BCUT2D eigenvalue weighted by Gasteiger charge is -2.10. The Bertz CT molecular complexity index is 1340. The van der Waals surface area contributed by atoms with Gasteiger partial charge in [-0.15, -0.1) is 0 Å². The molecule has 1 aromatic carbocycles. The van der Waals surface area contributed by atoms with Gasteiger partial charge < -0.3 is 8.98 Å². The fraction of sp³-hybridized carbons (Fsp3) is 0.0870. The zero-order valence-corrected chi connectivity index (χ0v) is 15.1. The van der Waals surface area contributed by atoms with Gasteiger partial charge in [0.1, 0.15) is 5.58 Å². The van der Waals surface area contributed by atoms with E-state index >= 15 is 0 Å². The number of fused-ring (bicyclic) bond motifs is 2. The quantitative estimate of drug-likeness (QED) is 0.471. The summed E-state index contributed by atoms with van der Waals surface area (Å²) in [6, 6.07) is 17.7. The Hall–Kier alpha value is -3.73. The van der Waals surface area contributed by atoms with E-state index in [4.69, 9.17) is 9.40 Å². The van der Waals surface area contributed by atoms with Gasteiger partial charge in [0, 0.05) is 48.2 Å². The molecule has 0 aliphatic rings. The first-order valence-electron chi connectivity index (χ1n) is 9.15. The molecule has 0 atom stereocenters. The lowest BCUT2D eigenvalue weighted by molar-refractivity contribution is 0.612. The van der Waals surface area contributed by atoms with Crippen LogP contribution in [-0.4, -0.2) is 14.5 Å². The summed E-state index contributed by atoms with van der Waals surface area (Å²) in [5.41, 5.74) is 4.33. The van der Waals surface area contributed by atoms with Gasteiger partial charge >= 0.3 is 0 Å². The van der Waals surface area contributed by atoms with E-state index in [0.29, 0.717) is 23.9 Å². The normalized spacial score (nSPS) is 11.3. The second kappa shape index (κ2) is 6.78. The zero-order chi connectivity index (χ0) is 18.9. The predicted molar refractivity (Wildman–Crippen MR) is 109 cm³/mol. The van der Waals surface area contributed by atoms with Crippen LogP contribution in [-0.2, 0) is 13.0 Å². The van der Waals surface area contributed by atoms with E-state index in [1.54, 1.807) is 29.3 Å². The van der Waals surface area contributed by atoms with Crippen molar-refractivity contribution in [2.75, 3.05) is 0 Å². The maximum Gasteiger partial charge on any atom is 0.261 e. The maximum absolute atomic E-state index is 12.9. The fourth-order valence-electron chi connectivity index (χ4n) is 3.50. The minimum absolute atomic E-state index is 0.0534. The molecule has 0 saturated heterocycles. The van der Waals surface area contributed by atoms with E-state index in [0.717, 1.165) is 27.7 Å².